The number of sulfonamides is 1. The van der Waals surface area contributed by atoms with E-state index in [0.717, 1.165) is 16.4 Å². The number of aryl methyl sites for hydroxylation is 1. The minimum atomic E-state index is -4.56. The molecule has 0 spiro atoms. The van der Waals surface area contributed by atoms with Gasteiger partial charge in [-0.15, -0.1) is 0 Å². The molecule has 1 amide bonds. The van der Waals surface area contributed by atoms with Crippen LogP contribution in [0.2, 0.25) is 5.02 Å². The van der Waals surface area contributed by atoms with E-state index in [1.165, 1.54) is 47.4 Å². The number of alkyl halides is 3. The molecule has 0 aliphatic carbocycles. The zero-order valence-electron chi connectivity index (χ0n) is 18.8. The van der Waals surface area contributed by atoms with Crippen molar-refractivity contribution in [2.24, 2.45) is 13.0 Å². The molecule has 2 heterocycles. The molecular weight excluding hydrogens is 524 g/mol. The van der Waals surface area contributed by atoms with Crippen LogP contribution in [0.15, 0.2) is 60.0 Å². The number of nitrogens with one attached hydrogen (secondary N) is 1. The van der Waals surface area contributed by atoms with Crippen molar-refractivity contribution in [1.82, 2.24) is 19.2 Å². The van der Waals surface area contributed by atoms with Crippen molar-refractivity contribution in [2.75, 3.05) is 13.1 Å². The van der Waals surface area contributed by atoms with Gasteiger partial charge in [-0.05, 0) is 35.4 Å². The van der Waals surface area contributed by atoms with Gasteiger partial charge in [0, 0.05) is 43.8 Å². The average molecular weight is 545 g/mol. The first-order valence-corrected chi connectivity index (χ1v) is 12.5. The minimum absolute atomic E-state index is 0.0380. The van der Waals surface area contributed by atoms with Gasteiger partial charge in [0.2, 0.25) is 5.91 Å². The second-order valence-electron chi connectivity index (χ2n) is 8.49. The second kappa shape index (κ2) is 9.83. The van der Waals surface area contributed by atoms with Crippen LogP contribution in [0.1, 0.15) is 22.6 Å². The molecule has 0 bridgehead atoms. The predicted octanol–water partition coefficient (Wildman–Crippen LogP) is 3.95. The van der Waals surface area contributed by atoms with Crippen LogP contribution in [-0.4, -0.2) is 41.3 Å². The maximum absolute atomic E-state index is 13.5. The number of imidazole rings is 1. The van der Waals surface area contributed by atoms with Gasteiger partial charge < -0.3 is 9.88 Å². The van der Waals surface area contributed by atoms with Crippen LogP contribution in [-0.2, 0) is 34.6 Å². The summed E-state index contributed by atoms with van der Waals surface area (Å²) in [6.45, 7) is -0.355. The second-order valence-corrected chi connectivity index (χ2v) is 10.8. The first-order valence-electron chi connectivity index (χ1n) is 10.7. The molecule has 0 saturated carbocycles. The Hall–Kier alpha value is -2.96. The number of hydrogen-bond acceptors (Lipinski definition) is 4. The van der Waals surface area contributed by atoms with Gasteiger partial charge in [-0.3, -0.25) is 4.79 Å². The van der Waals surface area contributed by atoms with E-state index in [1.54, 1.807) is 7.05 Å². The zero-order valence-corrected chi connectivity index (χ0v) is 20.4. The third kappa shape index (κ3) is 5.40. The van der Waals surface area contributed by atoms with Gasteiger partial charge in [-0.1, -0.05) is 29.8 Å². The van der Waals surface area contributed by atoms with Crippen LogP contribution in [0.25, 0.3) is 0 Å². The van der Waals surface area contributed by atoms with Crippen molar-refractivity contribution in [1.29, 1.82) is 0 Å². The maximum atomic E-state index is 13.5. The van der Waals surface area contributed by atoms with Crippen LogP contribution >= 0.6 is 11.6 Å². The smallest absolute Gasteiger partial charge is 0.352 e. The molecule has 1 N–H and O–H groups in total. The Morgan fingerprint density at radius 3 is 2.44 bits per heavy atom. The highest BCUT2D eigenvalue weighted by Gasteiger charge is 2.44. The molecule has 0 radical (unpaired) electrons. The molecule has 7 nitrogen and oxygen atoms in total. The average Bonchev–Trinajstić information content (AvgIpc) is 3.46. The number of halogens is 5. The van der Waals surface area contributed by atoms with Crippen LogP contribution in [0.3, 0.4) is 0 Å². The fraction of sp³-hybridized carbons (Fsp3) is 0.304. The highest BCUT2D eigenvalue weighted by atomic mass is 35.5. The number of carbonyl (C=O) groups is 1. The zero-order chi connectivity index (χ0) is 26.3. The van der Waals surface area contributed by atoms with Crippen molar-refractivity contribution in [3.8, 4) is 0 Å². The molecule has 1 fully saturated rings. The van der Waals surface area contributed by atoms with E-state index < -0.39 is 45.3 Å². The minimum Gasteiger partial charge on any atom is -0.352 e. The summed E-state index contributed by atoms with van der Waals surface area (Å²) in [7, 11) is -2.38. The number of rotatable bonds is 6. The molecule has 1 saturated heterocycles. The Morgan fingerprint density at radius 1 is 1.17 bits per heavy atom. The molecule has 2 unspecified atom stereocenters. The van der Waals surface area contributed by atoms with Gasteiger partial charge in [0.15, 0.2) is 5.03 Å². The Kier molecular flexibility index (Phi) is 7.13. The lowest BCUT2D eigenvalue weighted by molar-refractivity contribution is -0.137. The molecule has 1 aliphatic heterocycles. The van der Waals surface area contributed by atoms with Gasteiger partial charge in [0.25, 0.3) is 10.0 Å². The van der Waals surface area contributed by atoms with Gasteiger partial charge in [-0.2, -0.15) is 17.5 Å². The summed E-state index contributed by atoms with van der Waals surface area (Å²) < 4.78 is 81.1. The molecule has 13 heteroatoms. The van der Waals surface area contributed by atoms with Crippen molar-refractivity contribution in [3.63, 3.8) is 0 Å². The standard InChI is InChI=1S/C23H21ClF4N4O3S/c1-31-12-21(30-13-31)36(34,35)32-10-18(14-3-6-17(25)7-4-14)19(11-32)22(33)29-9-15-2-5-16(8-20(15)24)23(26,27)28/h2-8,12-13,18-19H,9-11H2,1H3,(H,29,33). The first-order chi connectivity index (χ1) is 16.9. The Bertz CT molecular complexity index is 1380. The predicted molar refractivity (Wildman–Crippen MR) is 123 cm³/mol. The van der Waals surface area contributed by atoms with Crippen molar-refractivity contribution in [3.05, 3.63) is 82.5 Å². The fourth-order valence-corrected chi connectivity index (χ4v) is 5.82. The summed E-state index contributed by atoms with van der Waals surface area (Å²) in [5.74, 6) is -2.43. The maximum Gasteiger partial charge on any atom is 0.416 e. The topological polar surface area (TPSA) is 84.3 Å². The Balaban J connectivity index is 1.56. The SMILES string of the molecule is Cn1cnc(S(=O)(=O)N2CC(C(=O)NCc3ccc(C(F)(F)F)cc3Cl)C(c3ccc(F)cc3)C2)c1. The van der Waals surface area contributed by atoms with Gasteiger partial charge in [-0.25, -0.2) is 17.8 Å². The Morgan fingerprint density at radius 2 is 1.86 bits per heavy atom. The van der Waals surface area contributed by atoms with Gasteiger partial charge in [0.1, 0.15) is 5.82 Å². The van der Waals surface area contributed by atoms with E-state index in [0.29, 0.717) is 5.56 Å². The lowest BCUT2D eigenvalue weighted by Gasteiger charge is -2.19. The monoisotopic (exact) mass is 544 g/mol. The lowest BCUT2D eigenvalue weighted by atomic mass is 9.88. The highest BCUT2D eigenvalue weighted by Crippen LogP contribution is 2.36. The van der Waals surface area contributed by atoms with E-state index in [1.807, 2.05) is 0 Å². The normalized spacial score (nSPS) is 18.9. The van der Waals surface area contributed by atoms with Crippen molar-refractivity contribution < 1.29 is 30.8 Å². The van der Waals surface area contributed by atoms with Crippen molar-refractivity contribution in [2.45, 2.75) is 23.7 Å². The van der Waals surface area contributed by atoms with Crippen LogP contribution in [0.5, 0.6) is 0 Å². The Labute approximate surface area is 209 Å². The summed E-state index contributed by atoms with van der Waals surface area (Å²) in [6.07, 6.45) is -1.86. The lowest BCUT2D eigenvalue weighted by Crippen LogP contribution is -2.35. The summed E-state index contributed by atoms with van der Waals surface area (Å²) in [5.41, 5.74) is -0.0692. The van der Waals surface area contributed by atoms with E-state index >= 15 is 0 Å². The third-order valence-electron chi connectivity index (χ3n) is 6.04. The molecule has 3 aromatic rings. The highest BCUT2D eigenvalue weighted by molar-refractivity contribution is 7.89. The fourth-order valence-electron chi connectivity index (χ4n) is 4.11. The number of amides is 1. The molecule has 192 valence electrons. The number of aromatic nitrogens is 2. The van der Waals surface area contributed by atoms with E-state index in [2.05, 4.69) is 10.3 Å². The van der Waals surface area contributed by atoms with Crippen LogP contribution in [0.4, 0.5) is 17.6 Å². The molecule has 2 aromatic carbocycles. The molecule has 1 aliphatic rings. The van der Waals surface area contributed by atoms with E-state index in [9.17, 15) is 30.8 Å². The molecule has 4 rings (SSSR count). The molecule has 1 aromatic heterocycles. The molecular formula is C23H21ClF4N4O3S. The van der Waals surface area contributed by atoms with Crippen LogP contribution in [0, 0.1) is 11.7 Å². The quantitative estimate of drug-likeness (QED) is 0.476. The van der Waals surface area contributed by atoms with Crippen molar-refractivity contribution >= 4 is 27.5 Å². The molecule has 2 atom stereocenters. The number of nitrogens with zero attached hydrogens (tertiary/aromatic N) is 3. The number of hydrogen-bond donors (Lipinski definition) is 1. The van der Waals surface area contributed by atoms with Gasteiger partial charge >= 0.3 is 6.18 Å². The first kappa shape index (κ1) is 26.1. The number of carbonyl (C=O) groups excluding carboxylic acids is 1. The largest absolute Gasteiger partial charge is 0.416 e. The summed E-state index contributed by atoms with van der Waals surface area (Å²) in [5, 5.41) is 2.32. The summed E-state index contributed by atoms with van der Waals surface area (Å²) >= 11 is 5.99. The third-order valence-corrected chi connectivity index (χ3v) is 8.11. The van der Waals surface area contributed by atoms with E-state index in [4.69, 9.17) is 11.6 Å². The van der Waals surface area contributed by atoms with Gasteiger partial charge in [0.05, 0.1) is 17.8 Å². The summed E-state index contributed by atoms with van der Waals surface area (Å²) in [4.78, 5) is 17.1. The molecule has 36 heavy (non-hydrogen) atoms. The summed E-state index contributed by atoms with van der Waals surface area (Å²) in [6, 6.07) is 8.25. The van der Waals surface area contributed by atoms with E-state index in [-0.39, 0.29) is 35.2 Å². The number of benzene rings is 2. The van der Waals surface area contributed by atoms with Crippen LogP contribution < -0.4 is 5.32 Å².